The molecule has 1 aliphatic heterocycles. The van der Waals surface area contributed by atoms with Gasteiger partial charge in [0.05, 0.1) is 0 Å². The summed E-state index contributed by atoms with van der Waals surface area (Å²) in [6, 6.07) is 1.80. The lowest BCUT2D eigenvalue weighted by Crippen LogP contribution is -2.25. The third-order valence-corrected chi connectivity index (χ3v) is 3.05. The minimum absolute atomic E-state index is 0.651. The van der Waals surface area contributed by atoms with Gasteiger partial charge in [0.15, 0.2) is 0 Å². The van der Waals surface area contributed by atoms with E-state index >= 15 is 0 Å². The van der Waals surface area contributed by atoms with Gasteiger partial charge in [-0.15, -0.1) is 0 Å². The second kappa shape index (κ2) is 5.59. The van der Waals surface area contributed by atoms with Crippen molar-refractivity contribution in [3.63, 3.8) is 0 Å². The lowest BCUT2D eigenvalue weighted by molar-refractivity contribution is 0.231. The highest BCUT2D eigenvalue weighted by molar-refractivity contribution is 9.10. The van der Waals surface area contributed by atoms with Crippen LogP contribution in [0.15, 0.2) is 10.7 Å². The average molecular weight is 286 g/mol. The third-order valence-electron chi connectivity index (χ3n) is 2.64. The monoisotopic (exact) mass is 285 g/mol. The van der Waals surface area contributed by atoms with E-state index in [2.05, 4.69) is 30.8 Å². The molecule has 0 unspecified atom stereocenters. The Morgan fingerprint density at radius 2 is 2.12 bits per heavy atom. The molecule has 0 N–H and O–H groups in total. The van der Waals surface area contributed by atoms with E-state index in [1.165, 1.54) is 25.9 Å². The zero-order chi connectivity index (χ0) is 11.4. The van der Waals surface area contributed by atoms with Crippen molar-refractivity contribution in [2.24, 2.45) is 0 Å². The van der Waals surface area contributed by atoms with Gasteiger partial charge in [-0.3, -0.25) is 4.90 Å². The fourth-order valence-electron chi connectivity index (χ4n) is 1.86. The molecular formula is C11H16BrN3O. The average Bonchev–Trinajstić information content (AvgIpc) is 2.69. The van der Waals surface area contributed by atoms with Crippen LogP contribution in [0.2, 0.25) is 0 Å². The molecule has 4 nitrogen and oxygen atoms in total. The molecule has 0 bridgehead atoms. The second-order valence-corrected chi connectivity index (χ2v) is 4.79. The summed E-state index contributed by atoms with van der Waals surface area (Å²) in [5.74, 6) is 1.38. The number of hydrogen-bond acceptors (Lipinski definition) is 4. The second-order valence-electron chi connectivity index (χ2n) is 3.97. The minimum Gasteiger partial charge on any atom is -0.476 e. The Labute approximate surface area is 104 Å². The first-order valence-corrected chi connectivity index (χ1v) is 6.40. The van der Waals surface area contributed by atoms with Gasteiger partial charge >= 0.3 is 0 Å². The maximum Gasteiger partial charge on any atom is 0.217 e. The molecule has 2 heterocycles. The zero-order valence-corrected chi connectivity index (χ0v) is 11.0. The van der Waals surface area contributed by atoms with Crippen LogP contribution in [-0.2, 0) is 0 Å². The Balaban J connectivity index is 1.80. The van der Waals surface area contributed by atoms with Crippen molar-refractivity contribution < 1.29 is 4.74 Å². The quantitative estimate of drug-likeness (QED) is 0.794. The van der Waals surface area contributed by atoms with Gasteiger partial charge in [0, 0.05) is 12.6 Å². The molecule has 1 saturated heterocycles. The highest BCUT2D eigenvalue weighted by Crippen LogP contribution is 2.14. The Morgan fingerprint density at radius 3 is 2.81 bits per heavy atom. The van der Waals surface area contributed by atoms with E-state index in [0.717, 1.165) is 17.0 Å². The van der Waals surface area contributed by atoms with Crippen molar-refractivity contribution in [2.45, 2.75) is 19.8 Å². The first kappa shape index (κ1) is 11.8. The summed E-state index contributed by atoms with van der Waals surface area (Å²) < 4.78 is 6.38. The molecule has 1 aromatic rings. The zero-order valence-electron chi connectivity index (χ0n) is 9.45. The Kier molecular flexibility index (Phi) is 4.12. The molecule has 0 aromatic carbocycles. The van der Waals surface area contributed by atoms with E-state index in [4.69, 9.17) is 4.74 Å². The van der Waals surface area contributed by atoms with E-state index in [9.17, 15) is 0 Å². The molecule has 0 aliphatic carbocycles. The highest BCUT2D eigenvalue weighted by atomic mass is 79.9. The van der Waals surface area contributed by atoms with Gasteiger partial charge in [-0.25, -0.2) is 4.98 Å². The molecule has 16 heavy (non-hydrogen) atoms. The van der Waals surface area contributed by atoms with Crippen LogP contribution < -0.4 is 4.74 Å². The normalized spacial score (nSPS) is 16.6. The largest absolute Gasteiger partial charge is 0.476 e. The minimum atomic E-state index is 0.651. The number of halogens is 1. The SMILES string of the molecule is Cc1nc(Br)cc(OCCN2CCCC2)n1. The number of rotatable bonds is 4. The molecular weight excluding hydrogens is 270 g/mol. The standard InChI is InChI=1S/C11H16BrN3O/c1-9-13-10(12)8-11(14-9)16-7-6-15-4-2-3-5-15/h8H,2-7H2,1H3. The number of likely N-dealkylation sites (tertiary alicyclic amines) is 1. The molecule has 1 aromatic heterocycles. The first-order valence-electron chi connectivity index (χ1n) is 5.60. The fourth-order valence-corrected chi connectivity index (χ4v) is 2.32. The van der Waals surface area contributed by atoms with E-state index in [-0.39, 0.29) is 0 Å². The molecule has 1 aliphatic rings. The van der Waals surface area contributed by atoms with Crippen LogP contribution in [0.25, 0.3) is 0 Å². The van der Waals surface area contributed by atoms with Crippen LogP contribution in [0.5, 0.6) is 5.88 Å². The van der Waals surface area contributed by atoms with E-state index < -0.39 is 0 Å². The van der Waals surface area contributed by atoms with Gasteiger partial charge in [-0.2, -0.15) is 4.98 Å². The van der Waals surface area contributed by atoms with E-state index in [0.29, 0.717) is 12.5 Å². The summed E-state index contributed by atoms with van der Waals surface area (Å²) >= 11 is 3.33. The van der Waals surface area contributed by atoms with Crippen molar-refractivity contribution >= 4 is 15.9 Å². The van der Waals surface area contributed by atoms with Gasteiger partial charge in [0.2, 0.25) is 5.88 Å². The predicted octanol–water partition coefficient (Wildman–Crippen LogP) is 2.02. The van der Waals surface area contributed by atoms with Crippen molar-refractivity contribution in [1.82, 2.24) is 14.9 Å². The molecule has 88 valence electrons. The molecule has 0 atom stereocenters. The van der Waals surface area contributed by atoms with Crippen molar-refractivity contribution in [3.8, 4) is 5.88 Å². The van der Waals surface area contributed by atoms with E-state index in [1.807, 2.05) is 6.92 Å². The molecule has 0 saturated carbocycles. The lowest BCUT2D eigenvalue weighted by Gasteiger charge is -2.14. The van der Waals surface area contributed by atoms with Crippen LogP contribution in [0.4, 0.5) is 0 Å². The van der Waals surface area contributed by atoms with Gasteiger partial charge in [-0.05, 0) is 48.8 Å². The number of ether oxygens (including phenoxy) is 1. The lowest BCUT2D eigenvalue weighted by atomic mass is 10.4. The molecule has 5 heteroatoms. The summed E-state index contributed by atoms with van der Waals surface area (Å²) in [5, 5.41) is 0. The Bertz CT molecular complexity index is 333. The number of nitrogens with zero attached hydrogens (tertiary/aromatic N) is 3. The van der Waals surface area contributed by atoms with Crippen LogP contribution in [-0.4, -0.2) is 41.1 Å². The van der Waals surface area contributed by atoms with Crippen LogP contribution in [0, 0.1) is 6.92 Å². The van der Waals surface area contributed by atoms with Crippen LogP contribution in [0.3, 0.4) is 0 Å². The molecule has 0 amide bonds. The molecule has 1 fully saturated rings. The van der Waals surface area contributed by atoms with Crippen LogP contribution in [0.1, 0.15) is 18.7 Å². The number of aromatic nitrogens is 2. The smallest absolute Gasteiger partial charge is 0.217 e. The van der Waals surface area contributed by atoms with Gasteiger partial charge in [0.25, 0.3) is 0 Å². The Morgan fingerprint density at radius 1 is 1.38 bits per heavy atom. The molecule has 0 spiro atoms. The van der Waals surface area contributed by atoms with Gasteiger partial charge in [0.1, 0.15) is 17.0 Å². The summed E-state index contributed by atoms with van der Waals surface area (Å²) in [6.07, 6.45) is 2.64. The van der Waals surface area contributed by atoms with Gasteiger partial charge in [-0.1, -0.05) is 0 Å². The molecule has 2 rings (SSSR count). The van der Waals surface area contributed by atoms with Gasteiger partial charge < -0.3 is 4.74 Å². The predicted molar refractivity (Wildman–Crippen MR) is 65.6 cm³/mol. The summed E-state index contributed by atoms with van der Waals surface area (Å²) in [6.45, 7) is 5.95. The fraction of sp³-hybridized carbons (Fsp3) is 0.636. The number of aryl methyl sites for hydroxylation is 1. The summed E-state index contributed by atoms with van der Waals surface area (Å²) in [4.78, 5) is 10.8. The first-order chi connectivity index (χ1) is 7.74. The van der Waals surface area contributed by atoms with Crippen LogP contribution >= 0.6 is 15.9 Å². The maximum atomic E-state index is 5.61. The summed E-state index contributed by atoms with van der Waals surface area (Å²) in [5.41, 5.74) is 0. The third kappa shape index (κ3) is 3.42. The topological polar surface area (TPSA) is 38.2 Å². The van der Waals surface area contributed by atoms with Crippen molar-refractivity contribution in [2.75, 3.05) is 26.2 Å². The summed E-state index contributed by atoms with van der Waals surface area (Å²) in [7, 11) is 0. The Hall–Kier alpha value is -0.680. The van der Waals surface area contributed by atoms with Crippen molar-refractivity contribution in [1.29, 1.82) is 0 Å². The number of hydrogen-bond donors (Lipinski definition) is 0. The maximum absolute atomic E-state index is 5.61. The van der Waals surface area contributed by atoms with E-state index in [1.54, 1.807) is 6.07 Å². The molecule has 0 radical (unpaired) electrons. The van der Waals surface area contributed by atoms with Crippen molar-refractivity contribution in [3.05, 3.63) is 16.5 Å². The highest BCUT2D eigenvalue weighted by Gasteiger charge is 2.11.